The Morgan fingerprint density at radius 3 is 1.40 bits per heavy atom. The summed E-state index contributed by atoms with van der Waals surface area (Å²) in [6, 6.07) is 0. The maximum Gasteiger partial charge on any atom is 0.341 e. The van der Waals surface area contributed by atoms with E-state index in [0.717, 1.165) is 0 Å². The fourth-order valence-corrected chi connectivity index (χ4v) is 1.46. The summed E-state index contributed by atoms with van der Waals surface area (Å²) in [5.41, 5.74) is 0. The molecule has 0 N–H and O–H groups in total. The smallest absolute Gasteiger partial charge is 0.228 e. The predicted octanol–water partition coefficient (Wildman–Crippen LogP) is 3.73. The average molecular weight is 353 g/mol. The molecule has 1 atom stereocenters. The van der Waals surface area contributed by atoms with Crippen molar-refractivity contribution in [3.63, 3.8) is 0 Å². The minimum absolute atomic E-state index is 1.92. The Labute approximate surface area is 79.7 Å². The highest BCUT2D eigenvalue weighted by Crippen LogP contribution is 2.47. The van der Waals surface area contributed by atoms with E-state index in [0.29, 0.717) is 0 Å². The topological polar surface area (TPSA) is 0 Å². The van der Waals surface area contributed by atoms with Crippen LogP contribution in [0, 0.1) is 0 Å². The Balaban J connectivity index is 4.40. The Morgan fingerprint density at radius 2 is 1.40 bits per heavy atom. The highest BCUT2D eigenvalue weighted by atomic mass is 79.9. The first-order chi connectivity index (χ1) is 4.19. The summed E-state index contributed by atoms with van der Waals surface area (Å²) in [5, 5.41) is -2.73. The van der Waals surface area contributed by atoms with E-state index in [9.17, 15) is 17.6 Å². The van der Waals surface area contributed by atoms with E-state index >= 15 is 0 Å². The number of hydrogen-bond donors (Lipinski definition) is 0. The first-order valence-corrected chi connectivity index (χ1v) is 4.42. The van der Waals surface area contributed by atoms with E-state index in [1.807, 2.05) is 47.8 Å². The molecule has 0 heterocycles. The summed E-state index contributed by atoms with van der Waals surface area (Å²) in [4.78, 5) is 0. The maximum atomic E-state index is 12.2. The van der Waals surface area contributed by atoms with E-state index in [1.165, 1.54) is 0 Å². The largest absolute Gasteiger partial charge is 0.341 e. The zero-order valence-electron chi connectivity index (χ0n) is 4.22. The van der Waals surface area contributed by atoms with Crippen LogP contribution in [0.1, 0.15) is 0 Å². The van der Waals surface area contributed by atoms with Gasteiger partial charge in [0, 0.05) is 0 Å². The molecule has 0 nitrogen and oxygen atoms in total. The molecule has 0 aliphatic rings. The molecule has 0 radical (unpaired) electrons. The lowest BCUT2D eigenvalue weighted by molar-refractivity contribution is -0.0740. The second kappa shape index (κ2) is 3.26. The maximum absolute atomic E-state index is 12.2. The molecule has 0 rings (SSSR count). The third-order valence-electron chi connectivity index (χ3n) is 0.652. The Bertz CT molecular complexity index is 117. The van der Waals surface area contributed by atoms with Crippen molar-refractivity contribution in [2.45, 2.75) is 14.5 Å². The molecule has 0 spiro atoms. The van der Waals surface area contributed by atoms with Crippen LogP contribution in [0.3, 0.4) is 0 Å². The van der Waals surface area contributed by atoms with Crippen LogP contribution < -0.4 is 0 Å². The van der Waals surface area contributed by atoms with Gasteiger partial charge < -0.3 is 0 Å². The minimum atomic E-state index is -4.15. The second-order valence-electron chi connectivity index (χ2n) is 1.42. The van der Waals surface area contributed by atoms with Crippen LogP contribution in [-0.4, -0.2) is 14.5 Å². The fourth-order valence-electron chi connectivity index (χ4n) is 0.124. The van der Waals surface area contributed by atoms with Gasteiger partial charge in [0.25, 0.3) is 3.49 Å². The van der Waals surface area contributed by atoms with Crippen molar-refractivity contribution < 1.29 is 17.6 Å². The summed E-state index contributed by atoms with van der Waals surface area (Å²) in [6.07, 6.45) is 0. The number of alkyl halides is 7. The van der Waals surface area contributed by atoms with Crippen molar-refractivity contribution in [2.75, 3.05) is 0 Å². The normalized spacial score (nSPS) is 17.1. The Kier molecular flexibility index (Phi) is 3.64. The van der Waals surface area contributed by atoms with Gasteiger partial charge in [0.2, 0.25) is 5.08 Å². The van der Waals surface area contributed by atoms with Gasteiger partial charge >= 0.3 is 5.92 Å². The molecule has 0 aromatic rings. The molecule has 0 amide bonds. The van der Waals surface area contributed by atoms with Gasteiger partial charge in [-0.2, -0.15) is 8.78 Å². The summed E-state index contributed by atoms with van der Waals surface area (Å²) < 4.78 is 45.2. The van der Waals surface area contributed by atoms with Crippen LogP contribution in [0.4, 0.5) is 17.6 Å². The van der Waals surface area contributed by atoms with Crippen LogP contribution >= 0.6 is 47.8 Å². The van der Waals surface area contributed by atoms with E-state index in [-0.39, 0.29) is 0 Å². The van der Waals surface area contributed by atoms with E-state index in [2.05, 4.69) is 0 Å². The first-order valence-electron chi connectivity index (χ1n) is 1.92. The molecule has 0 aliphatic carbocycles. The zero-order valence-corrected chi connectivity index (χ0v) is 8.98. The van der Waals surface area contributed by atoms with Crippen molar-refractivity contribution in [2.24, 2.45) is 0 Å². The molecular formula is C3HBr3F4. The first kappa shape index (κ1) is 11.2. The molecule has 0 aliphatic heterocycles. The highest BCUT2D eigenvalue weighted by Gasteiger charge is 2.57. The van der Waals surface area contributed by atoms with Crippen LogP contribution in [0.25, 0.3) is 0 Å². The number of hydrogen-bond acceptors (Lipinski definition) is 0. The summed E-state index contributed by atoms with van der Waals surface area (Å²) in [6.45, 7) is 0. The van der Waals surface area contributed by atoms with Crippen LogP contribution in [0.2, 0.25) is 0 Å². The van der Waals surface area contributed by atoms with E-state index < -0.39 is 14.5 Å². The molecule has 0 bridgehead atoms. The molecule has 0 fully saturated rings. The summed E-state index contributed by atoms with van der Waals surface area (Å²) >= 11 is 5.78. The zero-order chi connectivity index (χ0) is 8.58. The van der Waals surface area contributed by atoms with E-state index in [4.69, 9.17) is 0 Å². The van der Waals surface area contributed by atoms with Gasteiger partial charge in [0.15, 0.2) is 0 Å². The summed E-state index contributed by atoms with van der Waals surface area (Å²) in [7, 11) is 0. The quantitative estimate of drug-likeness (QED) is 0.525. The van der Waals surface area contributed by atoms with Gasteiger partial charge in [0.1, 0.15) is 0 Å². The molecule has 0 saturated carbocycles. The molecular weight excluding hydrogens is 352 g/mol. The van der Waals surface area contributed by atoms with Crippen LogP contribution in [0.5, 0.6) is 0 Å². The van der Waals surface area contributed by atoms with E-state index in [1.54, 1.807) is 0 Å². The predicted molar refractivity (Wildman–Crippen MR) is 40.5 cm³/mol. The van der Waals surface area contributed by atoms with Gasteiger partial charge in [-0.05, 0) is 47.8 Å². The average Bonchev–Trinajstić information content (AvgIpc) is 1.62. The van der Waals surface area contributed by atoms with Crippen molar-refractivity contribution >= 4 is 47.8 Å². The highest BCUT2D eigenvalue weighted by molar-refractivity contribution is 9.25. The van der Waals surface area contributed by atoms with Gasteiger partial charge in [-0.1, -0.05) is 0 Å². The van der Waals surface area contributed by atoms with Gasteiger partial charge in [-0.25, -0.2) is 8.78 Å². The third kappa shape index (κ3) is 2.34. The molecule has 10 heavy (non-hydrogen) atoms. The van der Waals surface area contributed by atoms with Crippen molar-refractivity contribution in [3.05, 3.63) is 0 Å². The molecule has 62 valence electrons. The lowest BCUT2D eigenvalue weighted by atomic mass is 10.4. The monoisotopic (exact) mass is 350 g/mol. The molecule has 7 heteroatoms. The fraction of sp³-hybridized carbons (Fsp3) is 1.00. The molecule has 1 unspecified atom stereocenters. The molecule has 0 aromatic heterocycles. The lowest BCUT2D eigenvalue weighted by Gasteiger charge is -2.22. The Morgan fingerprint density at radius 1 is 1.10 bits per heavy atom. The van der Waals surface area contributed by atoms with Crippen molar-refractivity contribution in [3.8, 4) is 0 Å². The lowest BCUT2D eigenvalue weighted by Crippen LogP contribution is -2.39. The van der Waals surface area contributed by atoms with Gasteiger partial charge in [-0.3, -0.25) is 0 Å². The van der Waals surface area contributed by atoms with Crippen LogP contribution in [0.15, 0.2) is 0 Å². The minimum Gasteiger partial charge on any atom is -0.228 e. The number of halogens is 7. The second-order valence-corrected chi connectivity index (χ2v) is 5.47. The number of rotatable bonds is 2. The SMILES string of the molecule is FC(Br)C(F)(F)C(F)(Br)Br. The van der Waals surface area contributed by atoms with Crippen molar-refractivity contribution in [1.29, 1.82) is 0 Å². The van der Waals surface area contributed by atoms with Gasteiger partial charge in [-0.15, -0.1) is 0 Å². The molecule has 0 aromatic carbocycles. The van der Waals surface area contributed by atoms with Gasteiger partial charge in [0.05, 0.1) is 0 Å². The Hall–Kier alpha value is 1.16. The third-order valence-corrected chi connectivity index (χ3v) is 2.28. The van der Waals surface area contributed by atoms with Crippen LogP contribution in [-0.2, 0) is 0 Å². The summed E-state index contributed by atoms with van der Waals surface area (Å²) in [5.74, 6) is -4.15. The standard InChI is InChI=1S/C3HBr3F4/c4-1(7)2(8,9)3(5,6)10/h1H. The van der Waals surface area contributed by atoms with Crippen molar-refractivity contribution in [1.82, 2.24) is 0 Å². The molecule has 0 saturated heterocycles.